The molecule has 2 aromatic heterocycles. The van der Waals surface area contributed by atoms with Gasteiger partial charge < -0.3 is 4.90 Å². The van der Waals surface area contributed by atoms with Gasteiger partial charge in [0.2, 0.25) is 5.91 Å². The smallest absolute Gasteiger partial charge is 0.276 e. The Morgan fingerprint density at radius 2 is 1.90 bits per heavy atom. The van der Waals surface area contributed by atoms with Gasteiger partial charge in [0.05, 0.1) is 16.8 Å². The summed E-state index contributed by atoms with van der Waals surface area (Å²) >= 11 is 2.48. The molecule has 5 nitrogen and oxygen atoms in total. The van der Waals surface area contributed by atoms with Crippen molar-refractivity contribution in [2.24, 2.45) is 0 Å². The SMILES string of the molecule is Cc1ccc(-n2c(SCC(=O)N3CCCC3)nc3c(sc4cccc(F)c43)c2=O)cc1. The standard InChI is InChI=1S/C23H20FN3O2S2/c1-14-7-9-15(10-8-14)27-22(29)21-20(19-16(24)5-4-6-17(19)31-21)25-23(27)30-13-18(28)26-11-2-3-12-26/h4-10H,2-3,11-13H2,1H3. The fraction of sp³-hybridized carbons (Fsp3) is 0.261. The molecule has 5 rings (SSSR count). The van der Waals surface area contributed by atoms with Gasteiger partial charge in [-0.15, -0.1) is 11.3 Å². The van der Waals surface area contributed by atoms with Crippen LogP contribution in [0.1, 0.15) is 18.4 Å². The number of aromatic nitrogens is 2. The van der Waals surface area contributed by atoms with E-state index >= 15 is 0 Å². The lowest BCUT2D eigenvalue weighted by molar-refractivity contribution is -0.127. The molecule has 0 atom stereocenters. The van der Waals surface area contributed by atoms with Crippen LogP contribution in [0.4, 0.5) is 4.39 Å². The number of hydrogen-bond acceptors (Lipinski definition) is 5. The first kappa shape index (κ1) is 20.2. The fourth-order valence-corrected chi connectivity index (χ4v) is 5.87. The van der Waals surface area contributed by atoms with Crippen molar-refractivity contribution >= 4 is 49.3 Å². The highest BCUT2D eigenvalue weighted by atomic mass is 32.2. The molecule has 0 N–H and O–H groups in total. The number of aryl methyl sites for hydroxylation is 1. The number of benzene rings is 2. The molecular formula is C23H20FN3O2S2. The number of halogens is 1. The summed E-state index contributed by atoms with van der Waals surface area (Å²) in [5.41, 5.74) is 1.88. The minimum absolute atomic E-state index is 0.0358. The van der Waals surface area contributed by atoms with Gasteiger partial charge >= 0.3 is 0 Å². The van der Waals surface area contributed by atoms with Gasteiger partial charge in [0.15, 0.2) is 5.16 Å². The number of nitrogens with zero attached hydrogens (tertiary/aromatic N) is 3. The quantitative estimate of drug-likeness (QED) is 0.330. The highest BCUT2D eigenvalue weighted by Crippen LogP contribution is 2.34. The normalized spacial score (nSPS) is 14.1. The van der Waals surface area contributed by atoms with E-state index in [4.69, 9.17) is 4.98 Å². The molecule has 31 heavy (non-hydrogen) atoms. The van der Waals surface area contributed by atoms with Crippen molar-refractivity contribution in [3.05, 3.63) is 64.2 Å². The van der Waals surface area contributed by atoms with Crippen molar-refractivity contribution in [2.75, 3.05) is 18.8 Å². The van der Waals surface area contributed by atoms with E-state index in [1.807, 2.05) is 36.1 Å². The van der Waals surface area contributed by atoms with E-state index in [2.05, 4.69) is 0 Å². The van der Waals surface area contributed by atoms with Gasteiger partial charge in [-0.1, -0.05) is 35.5 Å². The third kappa shape index (κ3) is 3.64. The second-order valence-corrected chi connectivity index (χ2v) is 9.63. The molecule has 0 spiro atoms. The van der Waals surface area contributed by atoms with Crippen LogP contribution in [0.3, 0.4) is 0 Å². The minimum Gasteiger partial charge on any atom is -0.342 e. The average molecular weight is 454 g/mol. The number of carbonyl (C=O) groups excluding carboxylic acids is 1. The molecule has 0 saturated carbocycles. The van der Waals surface area contributed by atoms with Gasteiger partial charge in [-0.05, 0) is 44.0 Å². The summed E-state index contributed by atoms with van der Waals surface area (Å²) in [7, 11) is 0. The van der Waals surface area contributed by atoms with Crippen LogP contribution in [0.2, 0.25) is 0 Å². The Kier molecular flexibility index (Phi) is 5.27. The monoisotopic (exact) mass is 453 g/mol. The predicted octanol–water partition coefficient (Wildman–Crippen LogP) is 4.76. The highest BCUT2D eigenvalue weighted by Gasteiger charge is 2.22. The number of carbonyl (C=O) groups is 1. The first-order chi connectivity index (χ1) is 15.0. The zero-order valence-electron chi connectivity index (χ0n) is 16.9. The van der Waals surface area contributed by atoms with Crippen molar-refractivity contribution in [2.45, 2.75) is 24.9 Å². The number of fused-ring (bicyclic) bond motifs is 3. The molecule has 2 aromatic carbocycles. The largest absolute Gasteiger partial charge is 0.342 e. The Bertz CT molecular complexity index is 1360. The molecule has 1 aliphatic heterocycles. The molecule has 3 heterocycles. The van der Waals surface area contributed by atoms with Crippen LogP contribution < -0.4 is 5.56 Å². The number of hydrogen-bond donors (Lipinski definition) is 0. The number of amides is 1. The van der Waals surface area contributed by atoms with E-state index in [9.17, 15) is 14.0 Å². The maximum Gasteiger partial charge on any atom is 0.276 e. The van der Waals surface area contributed by atoms with E-state index < -0.39 is 5.82 Å². The summed E-state index contributed by atoms with van der Waals surface area (Å²) in [6.07, 6.45) is 2.05. The minimum atomic E-state index is -0.396. The number of likely N-dealkylation sites (tertiary alicyclic amines) is 1. The van der Waals surface area contributed by atoms with Crippen LogP contribution in [-0.2, 0) is 4.79 Å². The lowest BCUT2D eigenvalue weighted by Gasteiger charge is -2.16. The topological polar surface area (TPSA) is 55.2 Å². The Hall–Kier alpha value is -2.71. The van der Waals surface area contributed by atoms with E-state index in [-0.39, 0.29) is 17.2 Å². The molecule has 158 valence electrons. The van der Waals surface area contributed by atoms with Crippen molar-refractivity contribution in [3.63, 3.8) is 0 Å². The number of thioether (sulfide) groups is 1. The summed E-state index contributed by atoms with van der Waals surface area (Å²) in [6, 6.07) is 12.4. The summed E-state index contributed by atoms with van der Waals surface area (Å²) in [5, 5.41) is 0.764. The maximum atomic E-state index is 14.6. The molecule has 4 aromatic rings. The van der Waals surface area contributed by atoms with Gasteiger partial charge in [0, 0.05) is 17.8 Å². The van der Waals surface area contributed by atoms with E-state index in [1.54, 1.807) is 12.1 Å². The van der Waals surface area contributed by atoms with Crippen LogP contribution >= 0.6 is 23.1 Å². The van der Waals surface area contributed by atoms with E-state index in [0.717, 1.165) is 31.5 Å². The van der Waals surface area contributed by atoms with E-state index in [0.29, 0.717) is 31.1 Å². The zero-order chi connectivity index (χ0) is 21.5. The molecule has 1 saturated heterocycles. The number of rotatable bonds is 4. The fourth-order valence-electron chi connectivity index (χ4n) is 3.88. The summed E-state index contributed by atoms with van der Waals surface area (Å²) in [6.45, 7) is 3.53. The van der Waals surface area contributed by atoms with Crippen LogP contribution in [0, 0.1) is 12.7 Å². The molecule has 0 aliphatic carbocycles. The van der Waals surface area contributed by atoms with Gasteiger partial charge in [0.1, 0.15) is 16.0 Å². The highest BCUT2D eigenvalue weighted by molar-refractivity contribution is 7.99. The zero-order valence-corrected chi connectivity index (χ0v) is 18.6. The van der Waals surface area contributed by atoms with Crippen molar-refractivity contribution in [1.29, 1.82) is 0 Å². The third-order valence-corrected chi connectivity index (χ3v) is 7.57. The Labute approximate surface area is 186 Å². The molecule has 1 amide bonds. The van der Waals surface area contributed by atoms with Gasteiger partial charge in [-0.2, -0.15) is 0 Å². The summed E-state index contributed by atoms with van der Waals surface area (Å²) < 4.78 is 17.2. The Morgan fingerprint density at radius 1 is 1.16 bits per heavy atom. The molecule has 0 bridgehead atoms. The summed E-state index contributed by atoms with van der Waals surface area (Å²) in [5.74, 6) is -0.171. The lowest BCUT2D eigenvalue weighted by Crippen LogP contribution is -2.29. The van der Waals surface area contributed by atoms with Crippen molar-refractivity contribution < 1.29 is 9.18 Å². The maximum absolute atomic E-state index is 14.6. The molecule has 1 aliphatic rings. The van der Waals surface area contributed by atoms with Crippen molar-refractivity contribution in [1.82, 2.24) is 14.5 Å². The average Bonchev–Trinajstić information content (AvgIpc) is 3.42. The Balaban J connectivity index is 1.67. The molecule has 1 fully saturated rings. The van der Waals surface area contributed by atoms with Crippen molar-refractivity contribution in [3.8, 4) is 5.69 Å². The molecule has 8 heteroatoms. The van der Waals surface area contributed by atoms with Gasteiger partial charge in [-0.25, -0.2) is 9.37 Å². The second kappa shape index (κ2) is 8.09. The van der Waals surface area contributed by atoms with Crippen LogP contribution in [0.25, 0.3) is 26.0 Å². The molecule has 0 radical (unpaired) electrons. The van der Waals surface area contributed by atoms with E-state index in [1.165, 1.54) is 33.7 Å². The second-order valence-electron chi connectivity index (χ2n) is 7.64. The van der Waals surface area contributed by atoms with Crippen LogP contribution in [0.15, 0.2) is 52.4 Å². The molecular weight excluding hydrogens is 433 g/mol. The number of thiophene rings is 1. The van der Waals surface area contributed by atoms with Gasteiger partial charge in [0.25, 0.3) is 5.56 Å². The predicted molar refractivity (Wildman–Crippen MR) is 124 cm³/mol. The summed E-state index contributed by atoms with van der Waals surface area (Å²) in [4.78, 5) is 32.7. The first-order valence-corrected chi connectivity index (χ1v) is 11.9. The van der Waals surface area contributed by atoms with Gasteiger partial charge in [-0.3, -0.25) is 14.2 Å². The van der Waals surface area contributed by atoms with Crippen LogP contribution in [0.5, 0.6) is 0 Å². The Morgan fingerprint density at radius 3 is 2.65 bits per heavy atom. The molecule has 0 unspecified atom stereocenters. The lowest BCUT2D eigenvalue weighted by atomic mass is 10.2. The first-order valence-electron chi connectivity index (χ1n) is 10.1. The third-order valence-electron chi connectivity index (χ3n) is 5.51. The van der Waals surface area contributed by atoms with Crippen LogP contribution in [-0.4, -0.2) is 39.2 Å².